The third-order valence-electron chi connectivity index (χ3n) is 4.04. The number of nitrogens with one attached hydrogen (secondary N) is 1. The average Bonchev–Trinajstić information content (AvgIpc) is 2.93. The van der Waals surface area contributed by atoms with Crippen molar-refractivity contribution in [1.82, 2.24) is 10.2 Å². The summed E-state index contributed by atoms with van der Waals surface area (Å²) < 4.78 is 13.8. The largest absolute Gasteiger partial charge is 0.309 e. The lowest BCUT2D eigenvalue weighted by Gasteiger charge is -2.27. The Morgan fingerprint density at radius 3 is 3.00 bits per heavy atom. The normalized spacial score (nSPS) is 23.5. The summed E-state index contributed by atoms with van der Waals surface area (Å²) in [7, 11) is 0. The van der Waals surface area contributed by atoms with Crippen LogP contribution < -0.4 is 5.32 Å². The van der Waals surface area contributed by atoms with Gasteiger partial charge in [0.15, 0.2) is 0 Å². The molecule has 2 nitrogen and oxygen atoms in total. The molecule has 0 spiro atoms. The van der Waals surface area contributed by atoms with Crippen molar-refractivity contribution in [2.24, 2.45) is 0 Å². The van der Waals surface area contributed by atoms with Crippen LogP contribution in [-0.2, 0) is 0 Å². The van der Waals surface area contributed by atoms with Crippen molar-refractivity contribution in [1.29, 1.82) is 0 Å². The fourth-order valence-corrected chi connectivity index (χ4v) is 4.14. The lowest BCUT2D eigenvalue weighted by Crippen LogP contribution is -2.33. The molecule has 1 fully saturated rings. The van der Waals surface area contributed by atoms with E-state index in [-0.39, 0.29) is 5.82 Å². The van der Waals surface area contributed by atoms with E-state index < -0.39 is 0 Å². The van der Waals surface area contributed by atoms with Crippen LogP contribution >= 0.6 is 11.8 Å². The van der Waals surface area contributed by atoms with Gasteiger partial charge in [-0.3, -0.25) is 0 Å². The van der Waals surface area contributed by atoms with E-state index in [0.717, 1.165) is 35.7 Å². The molecule has 1 unspecified atom stereocenters. The van der Waals surface area contributed by atoms with Gasteiger partial charge in [-0.2, -0.15) is 0 Å². The van der Waals surface area contributed by atoms with Gasteiger partial charge in [-0.05, 0) is 49.7 Å². The molecule has 104 valence electrons. The maximum Gasteiger partial charge on any atom is 0.137 e. The van der Waals surface area contributed by atoms with Gasteiger partial charge in [-0.25, -0.2) is 4.39 Å². The van der Waals surface area contributed by atoms with Crippen LogP contribution in [0.2, 0.25) is 0 Å². The minimum atomic E-state index is -0.0615. The van der Waals surface area contributed by atoms with Crippen molar-refractivity contribution in [3.8, 4) is 0 Å². The van der Waals surface area contributed by atoms with Crippen LogP contribution in [0.1, 0.15) is 30.9 Å². The number of hydrogen-bond acceptors (Lipinski definition) is 3. The van der Waals surface area contributed by atoms with Gasteiger partial charge in [0, 0.05) is 24.0 Å². The highest BCUT2D eigenvalue weighted by molar-refractivity contribution is 7.99. The van der Waals surface area contributed by atoms with Crippen LogP contribution in [0.5, 0.6) is 0 Å². The molecular formula is C15H21FN2S. The van der Waals surface area contributed by atoms with Crippen molar-refractivity contribution >= 4 is 11.8 Å². The first-order valence-electron chi connectivity index (χ1n) is 7.21. The molecule has 1 aromatic carbocycles. The molecule has 0 bridgehead atoms. The van der Waals surface area contributed by atoms with E-state index in [1.807, 2.05) is 6.07 Å². The fourth-order valence-electron chi connectivity index (χ4n) is 3.00. The Kier molecular flexibility index (Phi) is 4.41. The monoisotopic (exact) mass is 280 g/mol. The van der Waals surface area contributed by atoms with E-state index in [4.69, 9.17) is 0 Å². The topological polar surface area (TPSA) is 15.3 Å². The molecule has 2 heterocycles. The number of halogens is 1. The zero-order valence-corrected chi connectivity index (χ0v) is 12.0. The number of benzene rings is 1. The van der Waals surface area contributed by atoms with Crippen LogP contribution in [0, 0.1) is 5.82 Å². The maximum atomic E-state index is 13.8. The minimum Gasteiger partial charge on any atom is -0.309 e. The highest BCUT2D eigenvalue weighted by Gasteiger charge is 2.22. The molecular weight excluding hydrogens is 259 g/mol. The Hall–Kier alpha value is -0.580. The Balaban J connectivity index is 1.58. The van der Waals surface area contributed by atoms with Crippen molar-refractivity contribution in [2.45, 2.75) is 30.2 Å². The third-order valence-corrected chi connectivity index (χ3v) is 5.20. The van der Waals surface area contributed by atoms with Crippen LogP contribution in [0.3, 0.4) is 0 Å². The van der Waals surface area contributed by atoms with E-state index in [1.165, 1.54) is 25.9 Å². The second-order valence-corrected chi connectivity index (χ2v) is 6.46. The number of hydrogen-bond donors (Lipinski definition) is 1. The average molecular weight is 280 g/mol. The van der Waals surface area contributed by atoms with Gasteiger partial charge in [0.2, 0.25) is 0 Å². The first-order chi connectivity index (χ1) is 9.34. The fraction of sp³-hybridized carbons (Fsp3) is 0.600. The highest BCUT2D eigenvalue weighted by Crippen LogP contribution is 2.37. The quantitative estimate of drug-likeness (QED) is 0.912. The predicted molar refractivity (Wildman–Crippen MR) is 78.2 cm³/mol. The van der Waals surface area contributed by atoms with Gasteiger partial charge in [0.25, 0.3) is 0 Å². The molecule has 0 saturated carbocycles. The van der Waals surface area contributed by atoms with Crippen LogP contribution in [0.4, 0.5) is 4.39 Å². The minimum absolute atomic E-state index is 0.0615. The molecule has 0 aromatic heterocycles. The van der Waals surface area contributed by atoms with E-state index >= 15 is 0 Å². The first-order valence-corrected chi connectivity index (χ1v) is 8.20. The van der Waals surface area contributed by atoms with Crippen molar-refractivity contribution in [2.75, 3.05) is 31.9 Å². The van der Waals surface area contributed by atoms with Gasteiger partial charge in [-0.1, -0.05) is 12.1 Å². The lowest BCUT2D eigenvalue weighted by molar-refractivity contribution is 0.325. The molecule has 1 aromatic rings. The third kappa shape index (κ3) is 3.12. The number of nitrogens with zero attached hydrogens (tertiary/aromatic N) is 1. The zero-order chi connectivity index (χ0) is 13.1. The second-order valence-electron chi connectivity index (χ2n) is 5.35. The number of fused-ring (bicyclic) bond motifs is 1. The summed E-state index contributed by atoms with van der Waals surface area (Å²) in [6, 6.07) is 5.79. The second kappa shape index (κ2) is 6.25. The standard InChI is InChI=1S/C15H21FN2S/c16-13-5-3-4-12-14(6-11-19-15(12)13)17-7-10-18-8-1-2-9-18/h3-5,14,17H,1-2,6-11H2. The highest BCUT2D eigenvalue weighted by atomic mass is 32.2. The van der Waals surface area contributed by atoms with Gasteiger partial charge < -0.3 is 10.2 Å². The van der Waals surface area contributed by atoms with Gasteiger partial charge in [0.05, 0.1) is 0 Å². The van der Waals surface area contributed by atoms with Crippen molar-refractivity contribution < 1.29 is 4.39 Å². The van der Waals surface area contributed by atoms with Crippen molar-refractivity contribution in [3.63, 3.8) is 0 Å². The summed E-state index contributed by atoms with van der Waals surface area (Å²) in [5.41, 5.74) is 1.15. The molecule has 19 heavy (non-hydrogen) atoms. The summed E-state index contributed by atoms with van der Waals surface area (Å²) in [4.78, 5) is 3.37. The Morgan fingerprint density at radius 1 is 1.32 bits per heavy atom. The van der Waals surface area contributed by atoms with Gasteiger partial charge >= 0.3 is 0 Å². The Morgan fingerprint density at radius 2 is 2.16 bits per heavy atom. The van der Waals surface area contributed by atoms with Crippen LogP contribution in [-0.4, -0.2) is 36.8 Å². The number of likely N-dealkylation sites (tertiary alicyclic amines) is 1. The molecule has 4 heteroatoms. The molecule has 1 saturated heterocycles. The lowest BCUT2D eigenvalue weighted by atomic mass is 10.0. The van der Waals surface area contributed by atoms with E-state index in [0.29, 0.717) is 6.04 Å². The summed E-state index contributed by atoms with van der Waals surface area (Å²) in [5.74, 6) is 0.948. The molecule has 0 radical (unpaired) electrons. The SMILES string of the molecule is Fc1cccc2c1SCCC2NCCN1CCCC1. The first kappa shape index (κ1) is 13.4. The Labute approximate surface area is 118 Å². The van der Waals surface area contributed by atoms with E-state index in [9.17, 15) is 4.39 Å². The van der Waals surface area contributed by atoms with E-state index in [1.54, 1.807) is 17.8 Å². The van der Waals surface area contributed by atoms with Gasteiger partial charge in [0.1, 0.15) is 5.82 Å². The predicted octanol–water partition coefficient (Wildman–Crippen LogP) is 3.05. The summed E-state index contributed by atoms with van der Waals surface area (Å²) in [6.07, 6.45) is 3.78. The molecule has 1 atom stereocenters. The molecule has 0 amide bonds. The maximum absolute atomic E-state index is 13.8. The molecule has 2 aliphatic heterocycles. The summed E-state index contributed by atoms with van der Waals surface area (Å²) in [6.45, 7) is 4.61. The number of thioether (sulfide) groups is 1. The number of rotatable bonds is 4. The van der Waals surface area contributed by atoms with Gasteiger partial charge in [-0.15, -0.1) is 11.8 Å². The van der Waals surface area contributed by atoms with Crippen LogP contribution in [0.25, 0.3) is 0 Å². The zero-order valence-electron chi connectivity index (χ0n) is 11.2. The summed E-state index contributed by atoms with van der Waals surface area (Å²) >= 11 is 1.65. The Bertz CT molecular complexity index is 432. The van der Waals surface area contributed by atoms with Crippen molar-refractivity contribution in [3.05, 3.63) is 29.6 Å². The molecule has 0 aliphatic carbocycles. The molecule has 2 aliphatic rings. The molecule has 1 N–H and O–H groups in total. The smallest absolute Gasteiger partial charge is 0.137 e. The van der Waals surface area contributed by atoms with Crippen LogP contribution in [0.15, 0.2) is 23.1 Å². The summed E-state index contributed by atoms with van der Waals surface area (Å²) in [5, 5.41) is 3.61. The molecule has 3 rings (SSSR count). The van der Waals surface area contributed by atoms with E-state index in [2.05, 4.69) is 16.3 Å².